The highest BCUT2D eigenvalue weighted by molar-refractivity contribution is 5.54. The second kappa shape index (κ2) is 8.25. The highest BCUT2D eigenvalue weighted by atomic mass is 16.5. The molecule has 0 bridgehead atoms. The van der Waals surface area contributed by atoms with Gasteiger partial charge in [0.1, 0.15) is 5.75 Å². The highest BCUT2D eigenvalue weighted by Crippen LogP contribution is 2.27. The molecule has 0 aromatic heterocycles. The minimum atomic E-state index is -0.450. The number of nitrogens with zero attached hydrogens (tertiary/aromatic N) is 1. The molecule has 0 radical (unpaired) electrons. The quantitative estimate of drug-likeness (QED) is 0.759. The van der Waals surface area contributed by atoms with Gasteiger partial charge in [0, 0.05) is 6.54 Å². The summed E-state index contributed by atoms with van der Waals surface area (Å²) in [5.74, 6) is 0.712. The normalized spacial score (nSPS) is 17.6. The van der Waals surface area contributed by atoms with E-state index in [9.17, 15) is 5.11 Å². The predicted molar refractivity (Wildman–Crippen MR) is 86.5 cm³/mol. The Morgan fingerprint density at radius 2 is 2.05 bits per heavy atom. The van der Waals surface area contributed by atoms with Crippen LogP contribution in [0.3, 0.4) is 0 Å². The first-order valence-corrected chi connectivity index (χ1v) is 8.13. The second-order valence-electron chi connectivity index (χ2n) is 5.85. The van der Waals surface area contributed by atoms with E-state index in [0.717, 1.165) is 24.9 Å². The molecule has 2 rings (SSSR count). The van der Waals surface area contributed by atoms with Gasteiger partial charge < -0.3 is 20.5 Å². The Morgan fingerprint density at radius 3 is 2.71 bits per heavy atom. The third-order valence-corrected chi connectivity index (χ3v) is 4.05. The van der Waals surface area contributed by atoms with E-state index >= 15 is 0 Å². The lowest BCUT2D eigenvalue weighted by Crippen LogP contribution is -2.31. The van der Waals surface area contributed by atoms with Crippen molar-refractivity contribution in [3.05, 3.63) is 23.8 Å². The van der Waals surface area contributed by atoms with E-state index in [4.69, 9.17) is 10.5 Å². The van der Waals surface area contributed by atoms with Crippen molar-refractivity contribution in [1.82, 2.24) is 4.90 Å². The number of nitrogens with two attached hydrogens (primary N) is 1. The van der Waals surface area contributed by atoms with Gasteiger partial charge in [-0.25, -0.2) is 0 Å². The molecule has 0 aliphatic carbocycles. The van der Waals surface area contributed by atoms with Gasteiger partial charge >= 0.3 is 0 Å². The Kier molecular flexibility index (Phi) is 6.33. The van der Waals surface area contributed by atoms with E-state index in [0.29, 0.717) is 18.0 Å². The molecular weight excluding hydrogens is 264 g/mol. The maximum Gasteiger partial charge on any atom is 0.142 e. The van der Waals surface area contributed by atoms with Crippen LogP contribution in [0.15, 0.2) is 18.2 Å². The fourth-order valence-electron chi connectivity index (χ4n) is 2.77. The number of nitrogen functional groups attached to an aromatic ring is 1. The van der Waals surface area contributed by atoms with Crippen LogP contribution < -0.4 is 10.5 Å². The predicted octanol–water partition coefficient (Wildman–Crippen LogP) is 2.97. The van der Waals surface area contributed by atoms with Crippen molar-refractivity contribution in [2.45, 2.75) is 45.1 Å². The van der Waals surface area contributed by atoms with E-state index < -0.39 is 6.10 Å². The number of piperidine rings is 1. The maximum atomic E-state index is 10.3. The fraction of sp³-hybridized carbons (Fsp3) is 0.647. The van der Waals surface area contributed by atoms with Gasteiger partial charge in [-0.05, 0) is 56.5 Å². The van der Waals surface area contributed by atoms with Crippen LogP contribution in [0.5, 0.6) is 5.75 Å². The first kappa shape index (κ1) is 16.1. The molecule has 3 N–H and O–H groups in total. The summed E-state index contributed by atoms with van der Waals surface area (Å²) in [6.07, 6.45) is 5.18. The molecule has 1 aliphatic rings. The molecular formula is C17H28N2O2. The van der Waals surface area contributed by atoms with Crippen molar-refractivity contribution >= 4 is 5.69 Å². The topological polar surface area (TPSA) is 58.7 Å². The molecule has 1 heterocycles. The average molecular weight is 292 g/mol. The monoisotopic (exact) mass is 292 g/mol. The molecule has 4 nitrogen and oxygen atoms in total. The van der Waals surface area contributed by atoms with Crippen LogP contribution in [0.1, 0.15) is 50.7 Å². The summed E-state index contributed by atoms with van der Waals surface area (Å²) in [6.45, 7) is 6.02. The fourth-order valence-corrected chi connectivity index (χ4v) is 2.77. The third-order valence-electron chi connectivity index (χ3n) is 4.05. The van der Waals surface area contributed by atoms with E-state index in [1.807, 2.05) is 18.2 Å². The Bertz CT molecular complexity index is 431. The highest BCUT2D eigenvalue weighted by Gasteiger charge is 2.14. The van der Waals surface area contributed by atoms with E-state index in [-0.39, 0.29) is 0 Å². The van der Waals surface area contributed by atoms with E-state index in [1.54, 1.807) is 0 Å². The standard InChI is InChI=1S/C17H28N2O2/c1-2-12-21-17-7-6-14(13-15(17)18)16(20)8-11-19-9-4-3-5-10-19/h6-7,13,16,20H,2-5,8-12,18H2,1H3. The average Bonchev–Trinajstić information content (AvgIpc) is 2.52. The molecule has 0 amide bonds. The molecule has 4 heteroatoms. The van der Waals surface area contributed by atoms with E-state index in [1.165, 1.54) is 32.4 Å². The van der Waals surface area contributed by atoms with Gasteiger partial charge in [-0.2, -0.15) is 0 Å². The van der Waals surface area contributed by atoms with Gasteiger partial charge in [-0.3, -0.25) is 0 Å². The minimum Gasteiger partial charge on any atom is -0.491 e. The molecule has 1 aromatic rings. The van der Waals surface area contributed by atoms with Crippen molar-refractivity contribution < 1.29 is 9.84 Å². The van der Waals surface area contributed by atoms with E-state index in [2.05, 4.69) is 11.8 Å². The summed E-state index contributed by atoms with van der Waals surface area (Å²) in [5, 5.41) is 10.3. The summed E-state index contributed by atoms with van der Waals surface area (Å²) >= 11 is 0. The number of hydrogen-bond acceptors (Lipinski definition) is 4. The molecule has 118 valence electrons. The first-order chi connectivity index (χ1) is 10.2. The molecule has 21 heavy (non-hydrogen) atoms. The van der Waals surface area contributed by atoms with Gasteiger partial charge in [0.25, 0.3) is 0 Å². The number of aliphatic hydroxyl groups is 1. The number of likely N-dealkylation sites (tertiary alicyclic amines) is 1. The molecule has 0 saturated carbocycles. The second-order valence-corrected chi connectivity index (χ2v) is 5.85. The summed E-state index contributed by atoms with van der Waals surface area (Å²) in [5.41, 5.74) is 7.48. The molecule has 1 fully saturated rings. The smallest absolute Gasteiger partial charge is 0.142 e. The minimum absolute atomic E-state index is 0.450. The van der Waals surface area contributed by atoms with Gasteiger partial charge in [-0.15, -0.1) is 0 Å². The van der Waals surface area contributed by atoms with Crippen molar-refractivity contribution in [3.8, 4) is 5.75 Å². The van der Waals surface area contributed by atoms with Crippen LogP contribution >= 0.6 is 0 Å². The molecule has 1 aromatic carbocycles. The van der Waals surface area contributed by atoms with Crippen molar-refractivity contribution in [2.75, 3.05) is 32.0 Å². The largest absolute Gasteiger partial charge is 0.491 e. The molecule has 1 saturated heterocycles. The zero-order valence-electron chi connectivity index (χ0n) is 13.1. The maximum absolute atomic E-state index is 10.3. The molecule has 1 aliphatic heterocycles. The lowest BCUT2D eigenvalue weighted by atomic mass is 10.0. The van der Waals surface area contributed by atoms with Crippen molar-refractivity contribution in [1.29, 1.82) is 0 Å². The summed E-state index contributed by atoms with van der Waals surface area (Å²) < 4.78 is 5.56. The molecule has 0 spiro atoms. The van der Waals surface area contributed by atoms with Gasteiger partial charge in [-0.1, -0.05) is 19.4 Å². The molecule has 1 unspecified atom stereocenters. The van der Waals surface area contributed by atoms with Crippen molar-refractivity contribution in [3.63, 3.8) is 0 Å². The lowest BCUT2D eigenvalue weighted by molar-refractivity contribution is 0.134. The van der Waals surface area contributed by atoms with Crippen LogP contribution in [0.25, 0.3) is 0 Å². The first-order valence-electron chi connectivity index (χ1n) is 8.13. The van der Waals surface area contributed by atoms with Crippen LogP contribution in [-0.4, -0.2) is 36.2 Å². The van der Waals surface area contributed by atoms with Crippen LogP contribution in [-0.2, 0) is 0 Å². The van der Waals surface area contributed by atoms with Crippen LogP contribution in [0, 0.1) is 0 Å². The summed E-state index contributed by atoms with van der Waals surface area (Å²) in [7, 11) is 0. The Labute approximate surface area is 127 Å². The Hall–Kier alpha value is -1.26. The number of rotatable bonds is 7. The summed E-state index contributed by atoms with van der Waals surface area (Å²) in [4.78, 5) is 2.44. The lowest BCUT2D eigenvalue weighted by Gasteiger charge is -2.27. The third kappa shape index (κ3) is 4.90. The SMILES string of the molecule is CCCOc1ccc(C(O)CCN2CCCCC2)cc1N. The van der Waals surface area contributed by atoms with Gasteiger partial charge in [0.15, 0.2) is 0 Å². The number of aliphatic hydroxyl groups excluding tert-OH is 1. The van der Waals surface area contributed by atoms with Gasteiger partial charge in [0.2, 0.25) is 0 Å². The number of benzene rings is 1. The number of hydrogen-bond donors (Lipinski definition) is 2. The van der Waals surface area contributed by atoms with Gasteiger partial charge in [0.05, 0.1) is 18.4 Å². The molecule has 1 atom stereocenters. The zero-order valence-corrected chi connectivity index (χ0v) is 13.1. The Morgan fingerprint density at radius 1 is 1.29 bits per heavy atom. The van der Waals surface area contributed by atoms with Crippen molar-refractivity contribution in [2.24, 2.45) is 0 Å². The number of anilines is 1. The van der Waals surface area contributed by atoms with Crippen LogP contribution in [0.2, 0.25) is 0 Å². The summed E-state index contributed by atoms with van der Waals surface area (Å²) in [6, 6.07) is 5.62. The zero-order chi connectivity index (χ0) is 15.1. The van der Waals surface area contributed by atoms with Crippen LogP contribution in [0.4, 0.5) is 5.69 Å². The Balaban J connectivity index is 1.86. The number of ether oxygens (including phenoxy) is 1.